The normalized spacial score (nSPS) is 25.6. The molecule has 0 saturated carbocycles. The van der Waals surface area contributed by atoms with E-state index in [1.165, 1.54) is 19.2 Å². The molecule has 1 saturated heterocycles. The Balaban J connectivity index is 2.33. The van der Waals surface area contributed by atoms with Gasteiger partial charge in [0.2, 0.25) is 0 Å². The molecule has 178 valence electrons. The molecular formula is C20H26O11S. The zero-order chi connectivity index (χ0) is 24.1. The van der Waals surface area contributed by atoms with Gasteiger partial charge in [-0.2, -0.15) is 8.42 Å². The molecule has 11 nitrogen and oxygen atoms in total. The van der Waals surface area contributed by atoms with Crippen molar-refractivity contribution in [2.24, 2.45) is 0 Å². The first-order chi connectivity index (χ1) is 14.9. The van der Waals surface area contributed by atoms with E-state index < -0.39 is 65.3 Å². The Morgan fingerprint density at radius 3 is 1.88 bits per heavy atom. The lowest BCUT2D eigenvalue weighted by molar-refractivity contribution is -0.300. The summed E-state index contributed by atoms with van der Waals surface area (Å²) in [7, 11) is -2.93. The third-order valence-electron chi connectivity index (χ3n) is 4.43. The first kappa shape index (κ1) is 25.7. The Labute approximate surface area is 186 Å². The Morgan fingerprint density at radius 2 is 1.38 bits per heavy atom. The summed E-state index contributed by atoms with van der Waals surface area (Å²) < 4.78 is 56.8. The van der Waals surface area contributed by atoms with Crippen LogP contribution in [0.2, 0.25) is 0 Å². The average Bonchev–Trinajstić information content (AvgIpc) is 2.69. The number of aryl methyl sites for hydroxylation is 1. The third kappa shape index (κ3) is 6.73. The summed E-state index contributed by atoms with van der Waals surface area (Å²) in [5.74, 6) is -2.25. The molecule has 1 fully saturated rings. The number of ether oxygens (including phenoxy) is 5. The van der Waals surface area contributed by atoms with E-state index >= 15 is 0 Å². The summed E-state index contributed by atoms with van der Waals surface area (Å²) in [4.78, 5) is 34.9. The van der Waals surface area contributed by atoms with Crippen molar-refractivity contribution in [3.63, 3.8) is 0 Å². The van der Waals surface area contributed by atoms with Gasteiger partial charge in [0.25, 0.3) is 10.1 Å². The molecule has 0 radical (unpaired) electrons. The van der Waals surface area contributed by atoms with Gasteiger partial charge < -0.3 is 23.7 Å². The minimum absolute atomic E-state index is 0.0828. The van der Waals surface area contributed by atoms with Gasteiger partial charge in [0.15, 0.2) is 24.6 Å². The van der Waals surface area contributed by atoms with Gasteiger partial charge in [0.1, 0.15) is 6.10 Å². The van der Waals surface area contributed by atoms with E-state index in [1.807, 2.05) is 0 Å². The van der Waals surface area contributed by atoms with Gasteiger partial charge >= 0.3 is 17.9 Å². The number of esters is 3. The largest absolute Gasteiger partial charge is 0.456 e. The number of hydrogen-bond donors (Lipinski definition) is 0. The topological polar surface area (TPSA) is 141 Å². The molecule has 0 bridgehead atoms. The van der Waals surface area contributed by atoms with Crippen molar-refractivity contribution in [3.05, 3.63) is 29.8 Å². The van der Waals surface area contributed by atoms with E-state index in [4.69, 9.17) is 27.9 Å². The third-order valence-corrected chi connectivity index (χ3v) is 5.72. The first-order valence-corrected chi connectivity index (χ1v) is 11.0. The second-order valence-electron chi connectivity index (χ2n) is 7.05. The number of benzene rings is 1. The Kier molecular flexibility index (Phi) is 8.73. The second kappa shape index (κ2) is 10.9. The molecule has 12 heteroatoms. The highest BCUT2D eigenvalue weighted by molar-refractivity contribution is 7.86. The van der Waals surface area contributed by atoms with E-state index in [-0.39, 0.29) is 4.90 Å². The number of methoxy groups -OCH3 is 1. The predicted molar refractivity (Wildman–Crippen MR) is 107 cm³/mol. The maximum Gasteiger partial charge on any atom is 0.303 e. The van der Waals surface area contributed by atoms with Gasteiger partial charge in [0, 0.05) is 27.9 Å². The number of carbonyl (C=O) groups excluding carboxylic acids is 3. The van der Waals surface area contributed by atoms with Crippen molar-refractivity contribution in [2.45, 2.75) is 63.3 Å². The molecule has 0 unspecified atom stereocenters. The monoisotopic (exact) mass is 474 g/mol. The van der Waals surface area contributed by atoms with Crippen LogP contribution in [0.1, 0.15) is 26.3 Å². The fraction of sp³-hybridized carbons (Fsp3) is 0.550. The van der Waals surface area contributed by atoms with Crippen molar-refractivity contribution in [1.82, 2.24) is 0 Å². The summed E-state index contributed by atoms with van der Waals surface area (Å²) in [6, 6.07) is 5.98. The van der Waals surface area contributed by atoms with E-state index in [1.54, 1.807) is 19.1 Å². The van der Waals surface area contributed by atoms with Crippen LogP contribution in [-0.2, 0) is 52.4 Å². The maximum atomic E-state index is 12.6. The van der Waals surface area contributed by atoms with Gasteiger partial charge in [-0.15, -0.1) is 0 Å². The summed E-state index contributed by atoms with van der Waals surface area (Å²) >= 11 is 0. The van der Waals surface area contributed by atoms with Gasteiger partial charge in [0.05, 0.1) is 11.5 Å². The fourth-order valence-corrected chi connectivity index (χ4v) is 4.03. The number of carbonyl (C=O) groups is 3. The zero-order valence-electron chi connectivity index (χ0n) is 18.3. The lowest BCUT2D eigenvalue weighted by Gasteiger charge is -2.43. The van der Waals surface area contributed by atoms with Gasteiger partial charge in [-0.05, 0) is 19.1 Å². The second-order valence-corrected chi connectivity index (χ2v) is 8.67. The smallest absolute Gasteiger partial charge is 0.303 e. The van der Waals surface area contributed by atoms with Crippen molar-refractivity contribution < 1.29 is 50.7 Å². The SMILES string of the molecule is CO[C@H]1O[C@H](COS(=O)(=O)c2ccc(C)cc2)[C@H](OC(C)=O)[C@H](OC(C)=O)[C@H]1OC(C)=O. The number of rotatable bonds is 8. The van der Waals surface area contributed by atoms with Crippen molar-refractivity contribution >= 4 is 28.0 Å². The number of hydrogen-bond acceptors (Lipinski definition) is 11. The standard InChI is InChI=1S/C20H26O11S/c1-11-6-8-15(9-7-11)32(24,25)27-10-16-17(28-12(2)21)18(29-13(3)22)19(30-14(4)23)20(26-5)31-16/h6-9,16-20H,10H2,1-5H3/t16-,17+,18+,19-,20+/m1/s1. The lowest BCUT2D eigenvalue weighted by atomic mass is 9.98. The highest BCUT2D eigenvalue weighted by Crippen LogP contribution is 2.30. The molecule has 0 spiro atoms. The molecular weight excluding hydrogens is 448 g/mol. The van der Waals surface area contributed by atoms with E-state index in [0.717, 1.165) is 26.3 Å². The van der Waals surface area contributed by atoms with Crippen LogP contribution in [0.4, 0.5) is 0 Å². The van der Waals surface area contributed by atoms with Crippen LogP contribution in [0.5, 0.6) is 0 Å². The van der Waals surface area contributed by atoms with E-state index in [9.17, 15) is 22.8 Å². The van der Waals surface area contributed by atoms with Crippen molar-refractivity contribution in [3.8, 4) is 0 Å². The Morgan fingerprint density at radius 1 is 0.875 bits per heavy atom. The summed E-state index contributed by atoms with van der Waals surface area (Å²) in [5, 5.41) is 0. The molecule has 1 heterocycles. The zero-order valence-corrected chi connectivity index (χ0v) is 19.1. The van der Waals surface area contributed by atoms with Crippen LogP contribution in [0.25, 0.3) is 0 Å². The minimum Gasteiger partial charge on any atom is -0.456 e. The van der Waals surface area contributed by atoms with Crippen LogP contribution in [0.15, 0.2) is 29.2 Å². The van der Waals surface area contributed by atoms with E-state index in [2.05, 4.69) is 0 Å². The van der Waals surface area contributed by atoms with Crippen LogP contribution in [0.3, 0.4) is 0 Å². The lowest BCUT2D eigenvalue weighted by Crippen LogP contribution is -2.62. The molecule has 1 aromatic rings. The maximum absolute atomic E-state index is 12.6. The first-order valence-electron chi connectivity index (χ1n) is 9.60. The van der Waals surface area contributed by atoms with Gasteiger partial charge in [-0.3, -0.25) is 18.6 Å². The molecule has 1 aliphatic heterocycles. The van der Waals surface area contributed by atoms with Crippen LogP contribution in [-0.4, -0.2) is 70.7 Å². The van der Waals surface area contributed by atoms with Crippen molar-refractivity contribution in [2.75, 3.05) is 13.7 Å². The molecule has 0 aliphatic carbocycles. The Bertz CT molecular complexity index is 925. The van der Waals surface area contributed by atoms with Gasteiger partial charge in [-0.25, -0.2) is 0 Å². The summed E-state index contributed by atoms with van der Waals surface area (Å²) in [6.07, 6.45) is -6.46. The summed E-state index contributed by atoms with van der Waals surface area (Å²) in [6.45, 7) is 4.55. The average molecular weight is 474 g/mol. The van der Waals surface area contributed by atoms with Crippen molar-refractivity contribution in [1.29, 1.82) is 0 Å². The Hall–Kier alpha value is -2.54. The van der Waals surface area contributed by atoms with Crippen LogP contribution < -0.4 is 0 Å². The highest BCUT2D eigenvalue weighted by atomic mass is 32.2. The molecule has 32 heavy (non-hydrogen) atoms. The minimum atomic E-state index is -4.18. The molecule has 5 atom stereocenters. The van der Waals surface area contributed by atoms with Gasteiger partial charge in [-0.1, -0.05) is 17.7 Å². The quantitative estimate of drug-likeness (QED) is 0.301. The predicted octanol–water partition coefficient (Wildman–Crippen LogP) is 0.867. The van der Waals surface area contributed by atoms with Crippen LogP contribution >= 0.6 is 0 Å². The molecule has 0 aromatic heterocycles. The molecule has 1 aliphatic rings. The van der Waals surface area contributed by atoms with Crippen LogP contribution in [0, 0.1) is 6.92 Å². The highest BCUT2D eigenvalue weighted by Gasteiger charge is 2.52. The molecule has 2 rings (SSSR count). The molecule has 0 amide bonds. The fourth-order valence-electron chi connectivity index (χ4n) is 3.11. The van der Waals surface area contributed by atoms with E-state index in [0.29, 0.717) is 0 Å². The summed E-state index contributed by atoms with van der Waals surface area (Å²) in [5.41, 5.74) is 0.859. The molecule has 0 N–H and O–H groups in total. The molecule has 1 aromatic carbocycles.